The van der Waals surface area contributed by atoms with E-state index in [2.05, 4.69) is 4.98 Å². The Labute approximate surface area is 192 Å². The molecule has 7 heteroatoms. The van der Waals surface area contributed by atoms with Crippen molar-refractivity contribution in [1.82, 2.24) is 9.88 Å². The van der Waals surface area contributed by atoms with Gasteiger partial charge in [-0.05, 0) is 42.2 Å². The molecule has 0 spiro atoms. The fraction of sp³-hybridized carbons (Fsp3) is 0.308. The monoisotopic (exact) mass is 450 g/mol. The molecule has 1 saturated heterocycles. The van der Waals surface area contributed by atoms with E-state index in [1.807, 2.05) is 41.3 Å². The Hall–Kier alpha value is -3.29. The van der Waals surface area contributed by atoms with Gasteiger partial charge in [-0.2, -0.15) is 0 Å². The molecule has 172 valence electrons. The molecule has 0 amide bonds. The average molecular weight is 451 g/mol. The highest BCUT2D eigenvalue weighted by Gasteiger charge is 2.36. The molecule has 0 aliphatic carbocycles. The van der Waals surface area contributed by atoms with Gasteiger partial charge in [0.2, 0.25) is 5.88 Å². The van der Waals surface area contributed by atoms with Crippen LogP contribution in [-0.2, 0) is 17.0 Å². The van der Waals surface area contributed by atoms with Crippen molar-refractivity contribution in [1.29, 1.82) is 0 Å². The van der Waals surface area contributed by atoms with Crippen LogP contribution in [0.3, 0.4) is 0 Å². The lowest BCUT2D eigenvalue weighted by atomic mass is 9.84. The summed E-state index contributed by atoms with van der Waals surface area (Å²) >= 11 is 0. The number of pyridine rings is 1. The minimum Gasteiger partial charge on any atom is -0.486 e. The van der Waals surface area contributed by atoms with Crippen molar-refractivity contribution in [2.24, 2.45) is 0 Å². The van der Waals surface area contributed by atoms with Crippen molar-refractivity contribution in [3.05, 3.63) is 89.4 Å². The summed E-state index contributed by atoms with van der Waals surface area (Å²) in [6.07, 6.45) is 3.31. The second-order valence-electron chi connectivity index (χ2n) is 8.20. The fourth-order valence-corrected chi connectivity index (χ4v) is 4.17. The maximum Gasteiger partial charge on any atom is 0.212 e. The number of ether oxygens (including phenoxy) is 2. The number of rotatable bonds is 8. The fourth-order valence-electron chi connectivity index (χ4n) is 4.17. The number of methoxy groups -OCH3 is 1. The third-order valence-corrected chi connectivity index (χ3v) is 6.16. The Morgan fingerprint density at radius 1 is 1.15 bits per heavy atom. The highest BCUT2D eigenvalue weighted by Crippen LogP contribution is 2.36. The van der Waals surface area contributed by atoms with Crippen molar-refractivity contribution < 1.29 is 23.8 Å². The van der Waals surface area contributed by atoms with Crippen LogP contribution < -0.4 is 9.47 Å². The van der Waals surface area contributed by atoms with Gasteiger partial charge in [0.1, 0.15) is 12.9 Å². The summed E-state index contributed by atoms with van der Waals surface area (Å²) in [5, 5.41) is 11.1. The molecule has 1 aliphatic rings. The van der Waals surface area contributed by atoms with Gasteiger partial charge in [-0.25, -0.2) is 9.37 Å². The molecule has 1 fully saturated rings. The van der Waals surface area contributed by atoms with Crippen LogP contribution in [-0.4, -0.2) is 41.5 Å². The van der Waals surface area contributed by atoms with Crippen LogP contribution in [0, 0.1) is 5.82 Å². The third-order valence-electron chi connectivity index (χ3n) is 6.16. The maximum atomic E-state index is 14.7. The van der Waals surface area contributed by atoms with Crippen molar-refractivity contribution in [2.75, 3.05) is 20.2 Å². The van der Waals surface area contributed by atoms with E-state index in [9.17, 15) is 14.3 Å². The second kappa shape index (κ2) is 10.1. The summed E-state index contributed by atoms with van der Waals surface area (Å²) in [5.74, 6) is 0.124. The van der Waals surface area contributed by atoms with E-state index in [4.69, 9.17) is 9.47 Å². The van der Waals surface area contributed by atoms with Gasteiger partial charge in [0.25, 0.3) is 0 Å². The Bertz CT molecular complexity index is 1070. The molecule has 1 N–H and O–H groups in total. The van der Waals surface area contributed by atoms with Gasteiger partial charge in [-0.15, -0.1) is 0 Å². The Morgan fingerprint density at radius 3 is 2.52 bits per heavy atom. The number of likely N-dealkylation sites (tertiary alicyclic amines) is 1. The first-order valence-electron chi connectivity index (χ1n) is 10.9. The van der Waals surface area contributed by atoms with Crippen molar-refractivity contribution >= 4 is 6.29 Å². The van der Waals surface area contributed by atoms with Gasteiger partial charge in [-0.3, -0.25) is 4.90 Å². The highest BCUT2D eigenvalue weighted by atomic mass is 19.1. The molecule has 1 unspecified atom stereocenters. The summed E-state index contributed by atoms with van der Waals surface area (Å²) in [4.78, 5) is 18.1. The van der Waals surface area contributed by atoms with Crippen molar-refractivity contribution in [3.63, 3.8) is 0 Å². The number of aliphatic hydroxyl groups is 1. The summed E-state index contributed by atoms with van der Waals surface area (Å²) < 4.78 is 25.4. The van der Waals surface area contributed by atoms with E-state index < -0.39 is 17.5 Å². The lowest BCUT2D eigenvalue weighted by molar-refractivity contribution is -0.115. The van der Waals surface area contributed by atoms with Crippen LogP contribution in [0.25, 0.3) is 0 Å². The molecular weight excluding hydrogens is 423 g/mol. The number of aldehydes is 1. The Morgan fingerprint density at radius 2 is 1.91 bits per heavy atom. The Kier molecular flexibility index (Phi) is 7.01. The SMILES string of the molecule is COc1ccc(C2(O)CCN(C(C=O)c3ccc(OCc4ccccc4)c(F)c3)CC2)cn1. The number of benzene rings is 2. The van der Waals surface area contributed by atoms with E-state index in [-0.39, 0.29) is 12.4 Å². The molecule has 2 aromatic carbocycles. The first-order chi connectivity index (χ1) is 16.0. The molecule has 0 bridgehead atoms. The number of nitrogens with zero attached hydrogens (tertiary/aromatic N) is 2. The number of piperidine rings is 1. The molecule has 1 aromatic heterocycles. The highest BCUT2D eigenvalue weighted by molar-refractivity contribution is 5.62. The Balaban J connectivity index is 1.41. The lowest BCUT2D eigenvalue weighted by Gasteiger charge is -2.40. The van der Waals surface area contributed by atoms with Crippen LogP contribution in [0.4, 0.5) is 4.39 Å². The normalized spacial score (nSPS) is 16.7. The topological polar surface area (TPSA) is 71.9 Å². The minimum absolute atomic E-state index is 0.146. The van der Waals surface area contributed by atoms with Crippen LogP contribution in [0.5, 0.6) is 11.6 Å². The van der Waals surface area contributed by atoms with Gasteiger partial charge < -0.3 is 19.4 Å². The number of hydrogen-bond acceptors (Lipinski definition) is 6. The largest absolute Gasteiger partial charge is 0.486 e. The molecule has 1 aliphatic heterocycles. The van der Waals surface area contributed by atoms with Crippen molar-refractivity contribution in [3.8, 4) is 11.6 Å². The number of carbonyl (C=O) groups is 1. The molecule has 2 heterocycles. The summed E-state index contributed by atoms with van der Waals surface area (Å²) in [7, 11) is 1.54. The van der Waals surface area contributed by atoms with E-state index in [1.54, 1.807) is 31.5 Å². The maximum absolute atomic E-state index is 14.7. The van der Waals surface area contributed by atoms with Gasteiger partial charge in [-0.1, -0.05) is 36.4 Å². The van der Waals surface area contributed by atoms with Gasteiger partial charge in [0, 0.05) is 30.9 Å². The third kappa shape index (κ3) is 5.21. The molecule has 3 aromatic rings. The second-order valence-corrected chi connectivity index (χ2v) is 8.20. The smallest absolute Gasteiger partial charge is 0.212 e. The average Bonchev–Trinajstić information content (AvgIpc) is 2.86. The molecule has 0 radical (unpaired) electrons. The minimum atomic E-state index is -1.02. The zero-order valence-corrected chi connectivity index (χ0v) is 18.5. The first kappa shape index (κ1) is 22.9. The number of carbonyl (C=O) groups excluding carboxylic acids is 1. The number of hydrogen-bond donors (Lipinski definition) is 1. The zero-order chi connectivity index (χ0) is 23.3. The lowest BCUT2D eigenvalue weighted by Crippen LogP contribution is -2.44. The van der Waals surface area contributed by atoms with Gasteiger partial charge >= 0.3 is 0 Å². The van der Waals surface area contributed by atoms with Gasteiger partial charge in [0.15, 0.2) is 11.6 Å². The molecular formula is C26H27FN2O4. The quantitative estimate of drug-likeness (QED) is 0.523. The predicted molar refractivity (Wildman–Crippen MR) is 121 cm³/mol. The molecule has 1 atom stereocenters. The van der Waals surface area contributed by atoms with E-state index in [0.29, 0.717) is 37.4 Å². The molecule has 0 saturated carbocycles. The molecule has 33 heavy (non-hydrogen) atoms. The van der Waals surface area contributed by atoms with Crippen molar-refractivity contribution in [2.45, 2.75) is 31.1 Å². The van der Waals surface area contributed by atoms with Crippen LogP contribution in [0.1, 0.15) is 35.6 Å². The summed E-state index contributed by atoms with van der Waals surface area (Å²) in [6, 6.07) is 17.1. The van der Waals surface area contributed by atoms with E-state index >= 15 is 0 Å². The van der Waals surface area contributed by atoms with Crippen LogP contribution in [0.15, 0.2) is 66.9 Å². The standard InChI is InChI=1S/C26H27FN2O4/c1-32-25-10-8-21(16-28-25)26(31)11-13-29(14-12-26)23(17-30)20-7-9-24(22(27)15-20)33-18-19-5-3-2-4-6-19/h2-10,15-17,23,31H,11-14,18H2,1H3. The van der Waals surface area contributed by atoms with E-state index in [1.165, 1.54) is 6.07 Å². The number of aromatic nitrogens is 1. The predicted octanol–water partition coefficient (Wildman–Crippen LogP) is 4.03. The van der Waals surface area contributed by atoms with Gasteiger partial charge in [0.05, 0.1) is 18.8 Å². The summed E-state index contributed by atoms with van der Waals surface area (Å²) in [5.41, 5.74) is 1.20. The first-order valence-corrected chi connectivity index (χ1v) is 10.9. The molecule has 4 rings (SSSR count). The summed E-state index contributed by atoms with van der Waals surface area (Å²) in [6.45, 7) is 1.23. The van der Waals surface area contributed by atoms with Crippen LogP contribution in [0.2, 0.25) is 0 Å². The zero-order valence-electron chi connectivity index (χ0n) is 18.5. The van der Waals surface area contributed by atoms with E-state index in [0.717, 1.165) is 17.4 Å². The number of halogens is 1. The molecule has 6 nitrogen and oxygen atoms in total. The van der Waals surface area contributed by atoms with Crippen LogP contribution >= 0.6 is 0 Å².